The van der Waals surface area contributed by atoms with E-state index in [0.29, 0.717) is 30.2 Å². The number of benzene rings is 2. The molecule has 7 atom stereocenters. The van der Waals surface area contributed by atoms with Crippen LogP contribution < -0.4 is 10.5 Å². The lowest BCUT2D eigenvalue weighted by atomic mass is 9.90. The lowest BCUT2D eigenvalue weighted by molar-refractivity contribution is -0.234. The Bertz CT molecular complexity index is 1080. The predicted molar refractivity (Wildman–Crippen MR) is 140 cm³/mol. The largest absolute Gasteiger partial charge is 0.488 e. The fourth-order valence-electron chi connectivity index (χ4n) is 4.51. The van der Waals surface area contributed by atoms with Crippen molar-refractivity contribution in [3.63, 3.8) is 0 Å². The average Bonchev–Trinajstić information content (AvgIpc) is 3.42. The van der Waals surface area contributed by atoms with Gasteiger partial charge in [-0.25, -0.2) is 0 Å². The van der Waals surface area contributed by atoms with E-state index >= 15 is 0 Å². The summed E-state index contributed by atoms with van der Waals surface area (Å²) in [4.78, 5) is 12.2. The highest BCUT2D eigenvalue weighted by atomic mass is 35.5. The van der Waals surface area contributed by atoms with Crippen molar-refractivity contribution in [1.82, 2.24) is 0 Å². The first-order chi connectivity index (χ1) is 18.1. The van der Waals surface area contributed by atoms with Gasteiger partial charge < -0.3 is 40.0 Å². The molecule has 2 aromatic rings. The topological polar surface area (TPSA) is 141 Å². The number of hydrogen-bond acceptors (Lipinski definition) is 9. The molecule has 208 valence electrons. The number of esters is 1. The smallest absolute Gasteiger partial charge is 0.323 e. The lowest BCUT2D eigenvalue weighted by Gasteiger charge is -2.40. The van der Waals surface area contributed by atoms with Crippen molar-refractivity contribution in [2.75, 3.05) is 19.8 Å². The van der Waals surface area contributed by atoms with E-state index < -0.39 is 42.5 Å². The fraction of sp³-hybridized carbons (Fsp3) is 0.536. The molecule has 0 amide bonds. The zero-order valence-corrected chi connectivity index (χ0v) is 22.3. The fourth-order valence-corrected chi connectivity index (χ4v) is 4.69. The van der Waals surface area contributed by atoms with Crippen molar-refractivity contribution in [3.05, 3.63) is 64.2 Å². The first-order valence-corrected chi connectivity index (χ1v) is 13.3. The van der Waals surface area contributed by atoms with Crippen molar-refractivity contribution >= 4 is 17.6 Å². The molecule has 2 fully saturated rings. The molecule has 0 aliphatic carbocycles. The highest BCUT2D eigenvalue weighted by Gasteiger charge is 2.45. The van der Waals surface area contributed by atoms with E-state index in [0.717, 1.165) is 23.3 Å². The molecule has 2 aliphatic heterocycles. The molecule has 1 unspecified atom stereocenters. The minimum absolute atomic E-state index is 0.0713. The van der Waals surface area contributed by atoms with E-state index in [2.05, 4.69) is 0 Å². The van der Waals surface area contributed by atoms with Gasteiger partial charge in [0.1, 0.15) is 55.0 Å². The molecule has 2 aromatic carbocycles. The maximum atomic E-state index is 12.2. The lowest BCUT2D eigenvalue weighted by Crippen LogP contribution is -2.56. The van der Waals surface area contributed by atoms with Crippen molar-refractivity contribution < 1.29 is 39.1 Å². The molecular formula is C28H36ClNO8. The Hall–Kier alpha value is -2.24. The van der Waals surface area contributed by atoms with Crippen molar-refractivity contribution in [1.29, 1.82) is 0 Å². The molecule has 10 heteroatoms. The Morgan fingerprint density at radius 2 is 1.84 bits per heavy atom. The Balaban J connectivity index is 1.45. The number of ether oxygens (including phenoxy) is 4. The van der Waals surface area contributed by atoms with Crippen LogP contribution in [-0.2, 0) is 25.4 Å². The van der Waals surface area contributed by atoms with Crippen LogP contribution in [0.25, 0.3) is 0 Å². The third-order valence-electron chi connectivity index (χ3n) is 7.00. The maximum absolute atomic E-state index is 12.2. The van der Waals surface area contributed by atoms with E-state index in [1.807, 2.05) is 24.3 Å². The number of carbonyl (C=O) groups is 1. The third kappa shape index (κ3) is 6.84. The van der Waals surface area contributed by atoms with E-state index in [4.69, 9.17) is 36.3 Å². The number of aliphatic hydroxyl groups is 3. The van der Waals surface area contributed by atoms with Gasteiger partial charge in [-0.2, -0.15) is 0 Å². The second kappa shape index (κ2) is 12.7. The van der Waals surface area contributed by atoms with Crippen LogP contribution in [0, 0.1) is 5.92 Å². The molecule has 0 bridgehead atoms. The predicted octanol–water partition coefficient (Wildman–Crippen LogP) is 2.15. The van der Waals surface area contributed by atoms with Crippen LogP contribution in [0.1, 0.15) is 43.1 Å². The minimum Gasteiger partial charge on any atom is -0.488 e. The molecule has 38 heavy (non-hydrogen) atoms. The molecule has 5 N–H and O–H groups in total. The van der Waals surface area contributed by atoms with Gasteiger partial charge in [0, 0.05) is 11.4 Å². The van der Waals surface area contributed by atoms with Crippen molar-refractivity contribution in [3.8, 4) is 5.75 Å². The van der Waals surface area contributed by atoms with Gasteiger partial charge in [-0.1, -0.05) is 49.7 Å². The van der Waals surface area contributed by atoms with Crippen LogP contribution in [0.2, 0.25) is 5.02 Å². The monoisotopic (exact) mass is 549 g/mol. The standard InChI is InChI=1S/C28H36ClNO8/c1-15(2)23(30)28(34)36-14-22-24(31)25(32)26(33)27(38-22)17-5-8-21(29)18(12-17)11-16-3-6-19(7-4-16)37-20-9-10-35-13-20/h3-8,12,15,20,22-27,31-33H,9-11,13-14,30H2,1-2H3/t20-,22-,23?,24-,25+,26-,27+/m1/s1. The Kier molecular flexibility index (Phi) is 9.64. The highest BCUT2D eigenvalue weighted by molar-refractivity contribution is 6.31. The summed E-state index contributed by atoms with van der Waals surface area (Å²) in [5, 5.41) is 32.2. The van der Waals surface area contributed by atoms with Gasteiger partial charge in [0.25, 0.3) is 0 Å². The summed E-state index contributed by atoms with van der Waals surface area (Å²) in [6, 6.07) is 12.1. The second-order valence-electron chi connectivity index (χ2n) is 10.2. The molecule has 4 rings (SSSR count). The second-order valence-corrected chi connectivity index (χ2v) is 10.6. The summed E-state index contributed by atoms with van der Waals surface area (Å²) < 4.78 is 22.4. The Morgan fingerprint density at radius 3 is 2.50 bits per heavy atom. The quantitative estimate of drug-likeness (QED) is 0.346. The molecule has 0 aromatic heterocycles. The van der Waals surface area contributed by atoms with E-state index in [1.54, 1.807) is 32.0 Å². The van der Waals surface area contributed by atoms with Crippen LogP contribution in [0.15, 0.2) is 42.5 Å². The first kappa shape index (κ1) is 28.8. The normalized spacial score (nSPS) is 28.3. The maximum Gasteiger partial charge on any atom is 0.323 e. The molecule has 0 spiro atoms. The summed E-state index contributed by atoms with van der Waals surface area (Å²) in [5.74, 6) is 0.0178. The van der Waals surface area contributed by atoms with Crippen LogP contribution in [0.4, 0.5) is 0 Å². The highest BCUT2D eigenvalue weighted by Crippen LogP contribution is 2.35. The van der Waals surface area contributed by atoms with Gasteiger partial charge in [0.2, 0.25) is 0 Å². The molecule has 0 radical (unpaired) electrons. The number of nitrogens with two attached hydrogens (primary N) is 1. The number of carbonyl (C=O) groups excluding carboxylic acids is 1. The molecule has 9 nitrogen and oxygen atoms in total. The summed E-state index contributed by atoms with van der Waals surface area (Å²) in [6.45, 7) is 4.58. The number of aliphatic hydroxyl groups excluding tert-OH is 3. The first-order valence-electron chi connectivity index (χ1n) is 12.9. The molecule has 2 heterocycles. The zero-order chi connectivity index (χ0) is 27.4. The van der Waals surface area contributed by atoms with E-state index in [9.17, 15) is 20.1 Å². The average molecular weight is 550 g/mol. The Morgan fingerprint density at radius 1 is 1.11 bits per heavy atom. The molecule has 2 saturated heterocycles. The summed E-state index contributed by atoms with van der Waals surface area (Å²) in [6.07, 6.45) is -4.93. The van der Waals surface area contributed by atoms with Gasteiger partial charge in [0.05, 0.1) is 13.2 Å². The minimum atomic E-state index is -1.51. The SMILES string of the molecule is CC(C)C(N)C(=O)OC[C@H]1O[C@@H](c2ccc(Cl)c(Cc3ccc(O[C@@H]4CCOC4)cc3)c2)[C@H](O)[C@@H](O)[C@@H]1O. The Labute approximate surface area is 227 Å². The summed E-state index contributed by atoms with van der Waals surface area (Å²) in [7, 11) is 0. The van der Waals surface area contributed by atoms with Crippen LogP contribution >= 0.6 is 11.6 Å². The summed E-state index contributed by atoms with van der Waals surface area (Å²) in [5.41, 5.74) is 8.19. The van der Waals surface area contributed by atoms with Gasteiger partial charge >= 0.3 is 5.97 Å². The molecule has 2 aliphatic rings. The van der Waals surface area contributed by atoms with E-state index in [1.165, 1.54) is 0 Å². The molecule has 0 saturated carbocycles. The van der Waals surface area contributed by atoms with Crippen LogP contribution in [0.3, 0.4) is 0 Å². The van der Waals surface area contributed by atoms with Gasteiger partial charge in [-0.05, 0) is 47.2 Å². The number of hydrogen-bond donors (Lipinski definition) is 4. The van der Waals surface area contributed by atoms with Gasteiger partial charge in [-0.15, -0.1) is 0 Å². The van der Waals surface area contributed by atoms with Gasteiger partial charge in [-0.3, -0.25) is 4.79 Å². The summed E-state index contributed by atoms with van der Waals surface area (Å²) >= 11 is 6.49. The third-order valence-corrected chi connectivity index (χ3v) is 7.37. The number of rotatable bonds is 9. The molecular weight excluding hydrogens is 514 g/mol. The number of halogens is 1. The van der Waals surface area contributed by atoms with Crippen molar-refractivity contribution in [2.45, 2.75) is 69.4 Å². The van der Waals surface area contributed by atoms with Crippen molar-refractivity contribution in [2.24, 2.45) is 11.7 Å². The van der Waals surface area contributed by atoms with Gasteiger partial charge in [0.15, 0.2) is 0 Å². The van der Waals surface area contributed by atoms with E-state index in [-0.39, 0.29) is 18.6 Å². The zero-order valence-electron chi connectivity index (χ0n) is 21.5. The van der Waals surface area contributed by atoms with Crippen LogP contribution in [-0.4, -0.2) is 77.7 Å². The van der Waals surface area contributed by atoms with Crippen LogP contribution in [0.5, 0.6) is 5.75 Å².